The van der Waals surface area contributed by atoms with Gasteiger partial charge < -0.3 is 15.4 Å². The highest BCUT2D eigenvalue weighted by atomic mass is 16.5. The number of carbonyl (C=O) groups is 3. The zero-order chi connectivity index (χ0) is 15.9. The fourth-order valence-electron chi connectivity index (χ4n) is 1.50. The summed E-state index contributed by atoms with van der Waals surface area (Å²) in [5.74, 6) is -0.859. The maximum atomic E-state index is 11.8. The SMILES string of the molecule is COC(=O)[C@H](CC(C)C)NC(=O)CNC(=O)C(C)(C)C. The molecule has 0 radical (unpaired) electrons. The lowest BCUT2D eigenvalue weighted by Gasteiger charge is -2.20. The summed E-state index contributed by atoms with van der Waals surface area (Å²) in [7, 11) is 1.28. The molecule has 20 heavy (non-hydrogen) atoms. The summed E-state index contributed by atoms with van der Waals surface area (Å²) in [6.07, 6.45) is 0.492. The van der Waals surface area contributed by atoms with Crippen LogP contribution in [0.4, 0.5) is 0 Å². The average Bonchev–Trinajstić information content (AvgIpc) is 2.32. The van der Waals surface area contributed by atoms with Crippen LogP contribution in [0.15, 0.2) is 0 Å². The molecule has 0 saturated carbocycles. The number of carbonyl (C=O) groups excluding carboxylic acids is 3. The van der Waals surface area contributed by atoms with Gasteiger partial charge in [-0.2, -0.15) is 0 Å². The minimum atomic E-state index is -0.681. The lowest BCUT2D eigenvalue weighted by Crippen LogP contribution is -2.47. The van der Waals surface area contributed by atoms with Gasteiger partial charge in [-0.3, -0.25) is 9.59 Å². The number of hydrogen-bond donors (Lipinski definition) is 2. The highest BCUT2D eigenvalue weighted by molar-refractivity contribution is 5.89. The fourth-order valence-corrected chi connectivity index (χ4v) is 1.50. The van der Waals surface area contributed by atoms with Crippen LogP contribution in [0, 0.1) is 11.3 Å². The van der Waals surface area contributed by atoms with Crippen LogP contribution >= 0.6 is 0 Å². The number of nitrogens with one attached hydrogen (secondary N) is 2. The zero-order valence-electron chi connectivity index (χ0n) is 13.2. The summed E-state index contributed by atoms with van der Waals surface area (Å²) in [5, 5.41) is 5.11. The lowest BCUT2D eigenvalue weighted by molar-refractivity contribution is -0.145. The molecular formula is C14H26N2O4. The van der Waals surface area contributed by atoms with E-state index in [1.807, 2.05) is 13.8 Å². The van der Waals surface area contributed by atoms with Crippen LogP contribution in [0.25, 0.3) is 0 Å². The van der Waals surface area contributed by atoms with Crippen molar-refractivity contribution in [3.05, 3.63) is 0 Å². The van der Waals surface area contributed by atoms with Crippen LogP contribution in [-0.2, 0) is 19.1 Å². The van der Waals surface area contributed by atoms with Crippen LogP contribution in [0.1, 0.15) is 41.0 Å². The summed E-state index contributed by atoms with van der Waals surface area (Å²) >= 11 is 0. The Labute approximate surface area is 120 Å². The van der Waals surface area contributed by atoms with E-state index >= 15 is 0 Å². The quantitative estimate of drug-likeness (QED) is 0.709. The standard InChI is InChI=1S/C14H26N2O4/c1-9(2)7-10(12(18)20-6)16-11(17)8-15-13(19)14(3,4)5/h9-10H,7-8H2,1-6H3,(H,15,19)(H,16,17)/t10-/m0/s1. The second-order valence-electron chi connectivity index (χ2n) is 6.21. The van der Waals surface area contributed by atoms with Gasteiger partial charge in [0.05, 0.1) is 13.7 Å². The number of ether oxygens (including phenoxy) is 1. The second kappa shape index (κ2) is 7.87. The van der Waals surface area contributed by atoms with E-state index in [9.17, 15) is 14.4 Å². The molecule has 1 atom stereocenters. The van der Waals surface area contributed by atoms with Crippen molar-refractivity contribution in [1.29, 1.82) is 0 Å². The number of methoxy groups -OCH3 is 1. The molecule has 0 aromatic carbocycles. The normalized spacial score (nSPS) is 12.8. The zero-order valence-corrected chi connectivity index (χ0v) is 13.2. The first-order valence-corrected chi connectivity index (χ1v) is 6.73. The molecule has 0 aromatic rings. The van der Waals surface area contributed by atoms with Crippen molar-refractivity contribution in [1.82, 2.24) is 10.6 Å². The molecular weight excluding hydrogens is 260 g/mol. The van der Waals surface area contributed by atoms with Crippen molar-refractivity contribution in [2.45, 2.75) is 47.1 Å². The molecule has 0 aliphatic heterocycles. The first-order chi connectivity index (χ1) is 9.07. The molecule has 0 bridgehead atoms. The van der Waals surface area contributed by atoms with E-state index in [0.717, 1.165) is 0 Å². The van der Waals surface area contributed by atoms with E-state index in [0.29, 0.717) is 6.42 Å². The maximum absolute atomic E-state index is 11.8. The molecule has 0 aliphatic carbocycles. The van der Waals surface area contributed by atoms with E-state index in [-0.39, 0.29) is 18.4 Å². The Morgan fingerprint density at radius 2 is 1.70 bits per heavy atom. The summed E-state index contributed by atoms with van der Waals surface area (Å²) in [6, 6.07) is -0.681. The summed E-state index contributed by atoms with van der Waals surface area (Å²) in [4.78, 5) is 34.9. The van der Waals surface area contributed by atoms with Gasteiger partial charge in [-0.1, -0.05) is 34.6 Å². The Hall–Kier alpha value is -1.59. The Balaban J connectivity index is 4.40. The molecule has 0 heterocycles. The first kappa shape index (κ1) is 18.4. The molecule has 0 unspecified atom stereocenters. The van der Waals surface area contributed by atoms with Gasteiger partial charge in [0.2, 0.25) is 11.8 Å². The first-order valence-electron chi connectivity index (χ1n) is 6.73. The van der Waals surface area contributed by atoms with Crippen molar-refractivity contribution >= 4 is 17.8 Å². The summed E-state index contributed by atoms with van der Waals surface area (Å²) < 4.78 is 4.65. The Morgan fingerprint density at radius 3 is 2.10 bits per heavy atom. The van der Waals surface area contributed by atoms with Crippen LogP contribution < -0.4 is 10.6 Å². The molecule has 2 N–H and O–H groups in total. The molecule has 2 amide bonds. The van der Waals surface area contributed by atoms with Gasteiger partial charge in [0.15, 0.2) is 0 Å². The van der Waals surface area contributed by atoms with E-state index in [4.69, 9.17) is 0 Å². The number of esters is 1. The van der Waals surface area contributed by atoms with E-state index in [1.165, 1.54) is 7.11 Å². The summed E-state index contributed by atoms with van der Waals surface area (Å²) in [6.45, 7) is 9.03. The topological polar surface area (TPSA) is 84.5 Å². The molecule has 0 aliphatic rings. The molecule has 0 spiro atoms. The second-order valence-corrected chi connectivity index (χ2v) is 6.21. The third kappa shape index (κ3) is 7.11. The van der Waals surface area contributed by atoms with Crippen LogP contribution in [0.2, 0.25) is 0 Å². The van der Waals surface area contributed by atoms with Gasteiger partial charge in [0, 0.05) is 5.41 Å². The third-order valence-electron chi connectivity index (χ3n) is 2.62. The average molecular weight is 286 g/mol. The monoisotopic (exact) mass is 286 g/mol. The highest BCUT2D eigenvalue weighted by Gasteiger charge is 2.24. The molecule has 0 aromatic heterocycles. The smallest absolute Gasteiger partial charge is 0.328 e. The molecule has 116 valence electrons. The summed E-state index contributed by atoms with van der Waals surface area (Å²) in [5.41, 5.74) is -0.556. The minimum Gasteiger partial charge on any atom is -0.467 e. The predicted molar refractivity (Wildman–Crippen MR) is 75.9 cm³/mol. The predicted octanol–water partition coefficient (Wildman–Crippen LogP) is 0.853. The van der Waals surface area contributed by atoms with Gasteiger partial charge in [-0.25, -0.2) is 4.79 Å². The maximum Gasteiger partial charge on any atom is 0.328 e. The van der Waals surface area contributed by atoms with Crippen molar-refractivity contribution in [2.24, 2.45) is 11.3 Å². The van der Waals surface area contributed by atoms with Gasteiger partial charge in [-0.05, 0) is 12.3 Å². The third-order valence-corrected chi connectivity index (χ3v) is 2.62. The van der Waals surface area contributed by atoms with E-state index < -0.39 is 23.3 Å². The van der Waals surface area contributed by atoms with E-state index in [1.54, 1.807) is 20.8 Å². The van der Waals surface area contributed by atoms with Crippen LogP contribution in [0.5, 0.6) is 0 Å². The largest absolute Gasteiger partial charge is 0.467 e. The van der Waals surface area contributed by atoms with E-state index in [2.05, 4.69) is 15.4 Å². The van der Waals surface area contributed by atoms with Gasteiger partial charge in [0.1, 0.15) is 6.04 Å². The van der Waals surface area contributed by atoms with Gasteiger partial charge in [-0.15, -0.1) is 0 Å². The fraction of sp³-hybridized carbons (Fsp3) is 0.786. The number of hydrogen-bond acceptors (Lipinski definition) is 4. The van der Waals surface area contributed by atoms with Gasteiger partial charge in [0.25, 0.3) is 0 Å². The molecule has 0 rings (SSSR count). The Bertz CT molecular complexity index is 359. The lowest BCUT2D eigenvalue weighted by atomic mass is 9.96. The van der Waals surface area contributed by atoms with Crippen molar-refractivity contribution < 1.29 is 19.1 Å². The molecule has 0 saturated heterocycles. The van der Waals surface area contributed by atoms with Crippen molar-refractivity contribution in [2.75, 3.05) is 13.7 Å². The molecule has 0 fully saturated rings. The van der Waals surface area contributed by atoms with Crippen molar-refractivity contribution in [3.63, 3.8) is 0 Å². The van der Waals surface area contributed by atoms with Crippen LogP contribution in [0.3, 0.4) is 0 Å². The van der Waals surface area contributed by atoms with Crippen molar-refractivity contribution in [3.8, 4) is 0 Å². The van der Waals surface area contributed by atoms with Crippen LogP contribution in [-0.4, -0.2) is 37.5 Å². The molecule has 6 nitrogen and oxygen atoms in total. The highest BCUT2D eigenvalue weighted by Crippen LogP contribution is 2.12. The Kier molecular flexibility index (Phi) is 7.24. The minimum absolute atomic E-state index is 0.151. The Morgan fingerprint density at radius 1 is 1.15 bits per heavy atom. The number of amides is 2. The molecule has 6 heteroatoms. The van der Waals surface area contributed by atoms with Gasteiger partial charge >= 0.3 is 5.97 Å². The number of rotatable bonds is 6.